The van der Waals surface area contributed by atoms with E-state index in [1.54, 1.807) is 24.1 Å². The summed E-state index contributed by atoms with van der Waals surface area (Å²) < 4.78 is 12.8. The van der Waals surface area contributed by atoms with E-state index in [2.05, 4.69) is 9.88 Å². The van der Waals surface area contributed by atoms with Crippen molar-refractivity contribution in [3.63, 3.8) is 0 Å². The van der Waals surface area contributed by atoms with Gasteiger partial charge in [-0.2, -0.15) is 0 Å². The lowest BCUT2D eigenvalue weighted by Gasteiger charge is -2.28. The molecule has 0 spiro atoms. The number of hydrogen-bond acceptors (Lipinski definition) is 5. The van der Waals surface area contributed by atoms with Gasteiger partial charge in [0.15, 0.2) is 0 Å². The van der Waals surface area contributed by atoms with E-state index in [1.807, 2.05) is 12.1 Å². The number of benzene rings is 1. The van der Waals surface area contributed by atoms with Crippen LogP contribution in [-0.4, -0.2) is 53.9 Å². The number of methoxy groups -OCH3 is 1. The number of fused-ring (bicyclic) bond motifs is 1. The van der Waals surface area contributed by atoms with Crippen LogP contribution in [0.5, 0.6) is 5.75 Å². The maximum atomic E-state index is 13.0. The fourth-order valence-corrected chi connectivity index (χ4v) is 3.77. The van der Waals surface area contributed by atoms with Crippen LogP contribution in [0.4, 0.5) is 0 Å². The fraction of sp³-hybridized carbons (Fsp3) is 0.529. The number of aromatic nitrogens is 2. The zero-order valence-corrected chi connectivity index (χ0v) is 13.3. The summed E-state index contributed by atoms with van der Waals surface area (Å²) in [7, 11) is 1.58. The standard InChI is InChI=1S/C17H21N3O3/c1-22-15-6-4-5-12-16(15)17(21)20(11-18-12)14-10-23-9-13(14)19-7-2-3-8-19/h4-6,11,13-14H,2-3,7-10H2,1H3/t13-,14-/m0/s1. The highest BCUT2D eigenvalue weighted by molar-refractivity contribution is 5.83. The smallest absolute Gasteiger partial charge is 0.265 e. The van der Waals surface area contributed by atoms with Crippen molar-refractivity contribution >= 4 is 10.9 Å². The summed E-state index contributed by atoms with van der Waals surface area (Å²) in [6.45, 7) is 3.41. The van der Waals surface area contributed by atoms with Crippen molar-refractivity contribution in [1.29, 1.82) is 0 Å². The molecule has 4 rings (SSSR count). The van der Waals surface area contributed by atoms with Crippen molar-refractivity contribution in [2.75, 3.05) is 33.4 Å². The Balaban J connectivity index is 1.79. The number of hydrogen-bond donors (Lipinski definition) is 0. The highest BCUT2D eigenvalue weighted by atomic mass is 16.5. The van der Waals surface area contributed by atoms with E-state index in [4.69, 9.17) is 9.47 Å². The third kappa shape index (κ3) is 2.42. The van der Waals surface area contributed by atoms with Gasteiger partial charge in [-0.05, 0) is 38.1 Å². The molecule has 3 heterocycles. The van der Waals surface area contributed by atoms with Crippen molar-refractivity contribution in [3.8, 4) is 5.75 Å². The molecule has 2 atom stereocenters. The summed E-state index contributed by atoms with van der Waals surface area (Å²) in [6, 6.07) is 5.77. The van der Waals surface area contributed by atoms with Crippen LogP contribution in [0.3, 0.4) is 0 Å². The first kappa shape index (κ1) is 14.7. The number of ether oxygens (including phenoxy) is 2. The van der Waals surface area contributed by atoms with Gasteiger partial charge < -0.3 is 9.47 Å². The maximum Gasteiger partial charge on any atom is 0.265 e. The van der Waals surface area contributed by atoms with Gasteiger partial charge in [0, 0.05) is 0 Å². The first-order valence-corrected chi connectivity index (χ1v) is 8.15. The molecule has 6 nitrogen and oxygen atoms in total. The van der Waals surface area contributed by atoms with E-state index in [9.17, 15) is 4.79 Å². The lowest BCUT2D eigenvalue weighted by molar-refractivity contribution is 0.158. The fourth-order valence-electron chi connectivity index (χ4n) is 3.77. The van der Waals surface area contributed by atoms with Crippen LogP contribution < -0.4 is 10.3 Å². The largest absolute Gasteiger partial charge is 0.496 e. The molecule has 2 aliphatic rings. The second kappa shape index (κ2) is 5.94. The minimum absolute atomic E-state index is 0.0161. The van der Waals surface area contributed by atoms with Crippen molar-refractivity contribution < 1.29 is 9.47 Å². The van der Waals surface area contributed by atoms with Crippen LogP contribution in [0, 0.1) is 0 Å². The Morgan fingerprint density at radius 2 is 2.00 bits per heavy atom. The van der Waals surface area contributed by atoms with Gasteiger partial charge >= 0.3 is 0 Å². The Hall–Kier alpha value is -1.92. The lowest BCUT2D eigenvalue weighted by atomic mass is 10.1. The van der Waals surface area contributed by atoms with E-state index in [1.165, 1.54) is 12.8 Å². The van der Waals surface area contributed by atoms with Crippen LogP contribution >= 0.6 is 0 Å². The molecule has 122 valence electrons. The molecular weight excluding hydrogens is 294 g/mol. The molecule has 1 aromatic carbocycles. The van der Waals surface area contributed by atoms with Gasteiger partial charge in [0.05, 0.1) is 44.3 Å². The topological polar surface area (TPSA) is 56.6 Å². The Labute approximate surface area is 134 Å². The molecule has 23 heavy (non-hydrogen) atoms. The van der Waals surface area contributed by atoms with Gasteiger partial charge in [0.25, 0.3) is 5.56 Å². The summed E-state index contributed by atoms with van der Waals surface area (Å²) in [5.74, 6) is 0.575. The second-order valence-corrected chi connectivity index (χ2v) is 6.23. The molecule has 0 saturated carbocycles. The third-order valence-corrected chi connectivity index (χ3v) is 4.98. The van der Waals surface area contributed by atoms with Crippen molar-refractivity contribution in [3.05, 3.63) is 34.9 Å². The molecular formula is C17H21N3O3. The summed E-state index contributed by atoms with van der Waals surface area (Å²) in [4.78, 5) is 19.9. The Morgan fingerprint density at radius 1 is 1.22 bits per heavy atom. The molecule has 2 saturated heterocycles. The quantitative estimate of drug-likeness (QED) is 0.858. The minimum Gasteiger partial charge on any atom is -0.496 e. The van der Waals surface area contributed by atoms with Gasteiger partial charge in [-0.15, -0.1) is 0 Å². The Bertz CT molecular complexity index is 767. The number of rotatable bonds is 3. The molecule has 0 unspecified atom stereocenters. The van der Waals surface area contributed by atoms with Gasteiger partial charge in [0.2, 0.25) is 0 Å². The van der Waals surface area contributed by atoms with Crippen molar-refractivity contribution in [1.82, 2.24) is 14.5 Å². The number of likely N-dealkylation sites (tertiary alicyclic amines) is 1. The maximum absolute atomic E-state index is 13.0. The normalized spacial score (nSPS) is 25.3. The lowest BCUT2D eigenvalue weighted by Crippen LogP contribution is -2.42. The third-order valence-electron chi connectivity index (χ3n) is 4.98. The van der Waals surface area contributed by atoms with E-state index in [-0.39, 0.29) is 17.6 Å². The first-order chi connectivity index (χ1) is 11.3. The highest BCUT2D eigenvalue weighted by Crippen LogP contribution is 2.27. The van der Waals surface area contributed by atoms with Crippen molar-refractivity contribution in [2.24, 2.45) is 0 Å². The molecule has 2 aliphatic heterocycles. The molecule has 0 aliphatic carbocycles. The Morgan fingerprint density at radius 3 is 2.78 bits per heavy atom. The van der Waals surface area contributed by atoms with Crippen LogP contribution in [-0.2, 0) is 4.74 Å². The zero-order chi connectivity index (χ0) is 15.8. The summed E-state index contributed by atoms with van der Waals surface area (Å²) >= 11 is 0. The van der Waals surface area contributed by atoms with Crippen LogP contribution in [0.1, 0.15) is 18.9 Å². The predicted octanol–water partition coefficient (Wildman–Crippen LogP) is 1.44. The van der Waals surface area contributed by atoms with Crippen LogP contribution in [0.2, 0.25) is 0 Å². The van der Waals surface area contributed by atoms with Gasteiger partial charge in [-0.25, -0.2) is 4.98 Å². The van der Waals surface area contributed by atoms with E-state index in [0.29, 0.717) is 29.9 Å². The Kier molecular flexibility index (Phi) is 3.79. The van der Waals surface area contributed by atoms with Crippen LogP contribution in [0.25, 0.3) is 10.9 Å². The van der Waals surface area contributed by atoms with E-state index in [0.717, 1.165) is 13.1 Å². The van der Waals surface area contributed by atoms with Crippen molar-refractivity contribution in [2.45, 2.75) is 24.9 Å². The molecule has 0 bridgehead atoms. The van der Waals surface area contributed by atoms with E-state index >= 15 is 0 Å². The van der Waals surface area contributed by atoms with Gasteiger partial charge in [-0.1, -0.05) is 6.07 Å². The second-order valence-electron chi connectivity index (χ2n) is 6.23. The summed E-state index contributed by atoms with van der Waals surface area (Å²) in [5.41, 5.74) is 0.620. The predicted molar refractivity (Wildman–Crippen MR) is 87.0 cm³/mol. The average Bonchev–Trinajstić information content (AvgIpc) is 3.25. The molecule has 0 N–H and O–H groups in total. The highest BCUT2D eigenvalue weighted by Gasteiger charge is 2.36. The number of nitrogens with zero attached hydrogens (tertiary/aromatic N) is 3. The molecule has 0 radical (unpaired) electrons. The summed E-state index contributed by atoms with van der Waals surface area (Å²) in [6.07, 6.45) is 4.11. The average molecular weight is 315 g/mol. The minimum atomic E-state index is -0.0489. The first-order valence-electron chi connectivity index (χ1n) is 8.15. The van der Waals surface area contributed by atoms with E-state index < -0.39 is 0 Å². The molecule has 2 fully saturated rings. The molecule has 6 heteroatoms. The van der Waals surface area contributed by atoms with Gasteiger partial charge in [0.1, 0.15) is 11.1 Å². The molecule has 2 aromatic rings. The molecule has 0 amide bonds. The van der Waals surface area contributed by atoms with Gasteiger partial charge in [-0.3, -0.25) is 14.3 Å². The van der Waals surface area contributed by atoms with Crippen LogP contribution in [0.15, 0.2) is 29.3 Å². The monoisotopic (exact) mass is 315 g/mol. The zero-order valence-electron chi connectivity index (χ0n) is 13.3. The molecule has 1 aromatic heterocycles. The summed E-state index contributed by atoms with van der Waals surface area (Å²) in [5, 5.41) is 0.546. The SMILES string of the molecule is COc1cccc2ncn([C@H]3COC[C@@H]3N3CCCC3)c(=O)c12.